The molecule has 0 atom stereocenters. The second-order valence-electron chi connectivity index (χ2n) is 3.31. The van der Waals surface area contributed by atoms with Gasteiger partial charge >= 0.3 is 0 Å². The van der Waals surface area contributed by atoms with Crippen LogP contribution in [0.4, 0.5) is 0 Å². The molecule has 0 amide bonds. The maximum Gasteiger partial charge on any atom is 0.133 e. The van der Waals surface area contributed by atoms with Gasteiger partial charge in [0.25, 0.3) is 0 Å². The van der Waals surface area contributed by atoms with Crippen molar-refractivity contribution in [2.24, 2.45) is 5.92 Å². The van der Waals surface area contributed by atoms with Crippen molar-refractivity contribution in [2.75, 3.05) is 0 Å². The van der Waals surface area contributed by atoms with Gasteiger partial charge in [-0.2, -0.15) is 0 Å². The van der Waals surface area contributed by atoms with Gasteiger partial charge in [-0.1, -0.05) is 19.4 Å². The summed E-state index contributed by atoms with van der Waals surface area (Å²) < 4.78 is 1.94. The van der Waals surface area contributed by atoms with Gasteiger partial charge in [-0.25, -0.2) is 0 Å². The molecule has 0 unspecified atom stereocenters. The lowest BCUT2D eigenvalue weighted by molar-refractivity contribution is 0.768. The Morgan fingerprint density at radius 3 is 2.67 bits per heavy atom. The Bertz CT molecular complexity index is 284. The number of rotatable bonds is 2. The van der Waals surface area contributed by atoms with Crippen LogP contribution < -0.4 is 0 Å². The van der Waals surface area contributed by atoms with Crippen molar-refractivity contribution in [3.8, 4) is 0 Å². The fraction of sp³-hybridized carbons (Fsp3) is 0.556. The number of aromatic nitrogens is 3. The molecule has 0 radical (unpaired) electrons. The predicted octanol–water partition coefficient (Wildman–Crippen LogP) is 2.10. The molecule has 0 spiro atoms. The van der Waals surface area contributed by atoms with Gasteiger partial charge in [-0.15, -0.1) is 10.2 Å². The Hall–Kier alpha value is -1.12. The molecule has 1 aromatic heterocycles. The van der Waals surface area contributed by atoms with E-state index in [2.05, 4.69) is 37.2 Å². The van der Waals surface area contributed by atoms with Crippen molar-refractivity contribution in [1.29, 1.82) is 0 Å². The molecule has 0 aromatic carbocycles. The predicted molar refractivity (Wildman–Crippen MR) is 49.5 cm³/mol. The average Bonchev–Trinajstić information content (AvgIpc) is 2.36. The van der Waals surface area contributed by atoms with E-state index < -0.39 is 0 Å². The molecule has 0 aliphatic carbocycles. The SMILES string of the molecule is C/C(=C\n1cnnc1C)C(C)C. The van der Waals surface area contributed by atoms with Crippen LogP contribution in [-0.4, -0.2) is 14.8 Å². The average molecular weight is 165 g/mol. The van der Waals surface area contributed by atoms with Gasteiger partial charge < -0.3 is 0 Å². The zero-order chi connectivity index (χ0) is 9.14. The van der Waals surface area contributed by atoms with E-state index in [0.29, 0.717) is 5.92 Å². The van der Waals surface area contributed by atoms with Crippen LogP contribution in [0.15, 0.2) is 11.9 Å². The van der Waals surface area contributed by atoms with Crippen molar-refractivity contribution in [3.05, 3.63) is 17.7 Å². The van der Waals surface area contributed by atoms with Gasteiger partial charge in [0.2, 0.25) is 0 Å². The first-order valence-corrected chi connectivity index (χ1v) is 4.15. The number of hydrogen-bond acceptors (Lipinski definition) is 2. The topological polar surface area (TPSA) is 30.7 Å². The maximum atomic E-state index is 3.90. The summed E-state index contributed by atoms with van der Waals surface area (Å²) in [5.74, 6) is 1.50. The Morgan fingerprint density at radius 2 is 2.25 bits per heavy atom. The molecule has 1 rings (SSSR count). The molecule has 0 fully saturated rings. The molecule has 1 aromatic rings. The van der Waals surface area contributed by atoms with Gasteiger partial charge in [0.05, 0.1) is 0 Å². The minimum Gasteiger partial charge on any atom is -0.293 e. The number of nitrogens with zero attached hydrogens (tertiary/aromatic N) is 3. The Morgan fingerprint density at radius 1 is 1.58 bits per heavy atom. The molecule has 1 heterocycles. The summed E-state index contributed by atoms with van der Waals surface area (Å²) in [6, 6.07) is 0. The summed E-state index contributed by atoms with van der Waals surface area (Å²) in [4.78, 5) is 0. The van der Waals surface area contributed by atoms with Crippen molar-refractivity contribution in [3.63, 3.8) is 0 Å². The van der Waals surface area contributed by atoms with E-state index in [-0.39, 0.29) is 0 Å². The molecule has 0 aliphatic rings. The lowest BCUT2D eigenvalue weighted by atomic mass is 10.1. The largest absolute Gasteiger partial charge is 0.293 e. The minimum atomic E-state index is 0.576. The Labute approximate surface area is 73.1 Å². The first-order valence-electron chi connectivity index (χ1n) is 4.15. The molecule has 3 nitrogen and oxygen atoms in total. The van der Waals surface area contributed by atoms with Gasteiger partial charge in [-0.05, 0) is 19.8 Å². The summed E-state index contributed by atoms with van der Waals surface area (Å²) in [6.45, 7) is 8.40. The molecule has 0 N–H and O–H groups in total. The lowest BCUT2D eigenvalue weighted by Crippen LogP contribution is -1.94. The smallest absolute Gasteiger partial charge is 0.133 e. The normalized spacial score (nSPS) is 12.6. The van der Waals surface area contributed by atoms with Gasteiger partial charge in [0.1, 0.15) is 12.2 Å². The van der Waals surface area contributed by atoms with Crippen LogP contribution in [0.25, 0.3) is 6.20 Å². The molecule has 0 saturated heterocycles. The van der Waals surface area contributed by atoms with Crippen molar-refractivity contribution in [1.82, 2.24) is 14.8 Å². The second-order valence-corrected chi connectivity index (χ2v) is 3.31. The first kappa shape index (κ1) is 8.97. The highest BCUT2D eigenvalue weighted by atomic mass is 15.2. The Balaban J connectivity index is 2.87. The third kappa shape index (κ3) is 1.94. The zero-order valence-electron chi connectivity index (χ0n) is 8.07. The zero-order valence-corrected chi connectivity index (χ0v) is 8.07. The molecule has 66 valence electrons. The summed E-state index contributed by atoms with van der Waals surface area (Å²) in [5.41, 5.74) is 1.33. The fourth-order valence-electron chi connectivity index (χ4n) is 0.795. The van der Waals surface area contributed by atoms with E-state index in [9.17, 15) is 0 Å². The van der Waals surface area contributed by atoms with E-state index in [1.165, 1.54) is 5.57 Å². The van der Waals surface area contributed by atoms with Crippen LogP contribution in [0.3, 0.4) is 0 Å². The van der Waals surface area contributed by atoms with Gasteiger partial charge in [0.15, 0.2) is 0 Å². The van der Waals surface area contributed by atoms with Gasteiger partial charge in [-0.3, -0.25) is 4.57 Å². The summed E-state index contributed by atoms with van der Waals surface area (Å²) in [6.07, 6.45) is 3.79. The molecular formula is C9H15N3. The third-order valence-electron chi connectivity index (χ3n) is 2.01. The molecule has 12 heavy (non-hydrogen) atoms. The fourth-order valence-corrected chi connectivity index (χ4v) is 0.795. The second kappa shape index (κ2) is 3.52. The van der Waals surface area contributed by atoms with E-state index in [0.717, 1.165) is 5.82 Å². The quantitative estimate of drug-likeness (QED) is 0.672. The highest BCUT2D eigenvalue weighted by Gasteiger charge is 1.98. The van der Waals surface area contributed by atoms with E-state index >= 15 is 0 Å². The summed E-state index contributed by atoms with van der Waals surface area (Å²) in [5, 5.41) is 7.70. The van der Waals surface area contributed by atoms with Crippen LogP contribution in [0, 0.1) is 12.8 Å². The van der Waals surface area contributed by atoms with Crippen LogP contribution in [-0.2, 0) is 0 Å². The number of hydrogen-bond donors (Lipinski definition) is 0. The Kier molecular flexibility index (Phi) is 2.63. The van der Waals surface area contributed by atoms with E-state index in [4.69, 9.17) is 0 Å². The summed E-state index contributed by atoms with van der Waals surface area (Å²) >= 11 is 0. The minimum absolute atomic E-state index is 0.576. The molecular weight excluding hydrogens is 150 g/mol. The molecule has 0 aliphatic heterocycles. The van der Waals surface area contributed by atoms with Crippen LogP contribution in [0.1, 0.15) is 26.6 Å². The number of aryl methyl sites for hydroxylation is 1. The van der Waals surface area contributed by atoms with Crippen LogP contribution in [0.5, 0.6) is 0 Å². The lowest BCUT2D eigenvalue weighted by Gasteiger charge is -2.04. The maximum absolute atomic E-state index is 3.90. The molecule has 3 heteroatoms. The van der Waals surface area contributed by atoms with Crippen molar-refractivity contribution in [2.45, 2.75) is 27.7 Å². The summed E-state index contributed by atoms with van der Waals surface area (Å²) in [7, 11) is 0. The standard InChI is InChI=1S/C9H15N3/c1-7(2)8(3)5-12-6-10-11-9(12)4/h5-7H,1-4H3/b8-5+. The van der Waals surface area contributed by atoms with Crippen molar-refractivity contribution >= 4 is 6.20 Å². The monoisotopic (exact) mass is 165 g/mol. The van der Waals surface area contributed by atoms with Crippen LogP contribution >= 0.6 is 0 Å². The number of allylic oxidation sites excluding steroid dienone is 1. The van der Waals surface area contributed by atoms with Gasteiger partial charge in [0, 0.05) is 6.20 Å². The van der Waals surface area contributed by atoms with E-state index in [1.54, 1.807) is 6.33 Å². The first-order chi connectivity index (χ1) is 5.61. The van der Waals surface area contributed by atoms with Crippen LogP contribution in [0.2, 0.25) is 0 Å². The highest BCUT2D eigenvalue weighted by molar-refractivity contribution is 5.30. The van der Waals surface area contributed by atoms with E-state index in [1.807, 2.05) is 11.5 Å². The van der Waals surface area contributed by atoms with Crippen molar-refractivity contribution < 1.29 is 0 Å². The molecule has 0 bridgehead atoms. The molecule has 0 saturated carbocycles. The highest BCUT2D eigenvalue weighted by Crippen LogP contribution is 2.09. The third-order valence-corrected chi connectivity index (χ3v) is 2.01.